The molecule has 0 unspecified atom stereocenters. The van der Waals surface area contributed by atoms with Crippen LogP contribution in [0.3, 0.4) is 0 Å². The van der Waals surface area contributed by atoms with Crippen molar-refractivity contribution in [2.75, 3.05) is 5.88 Å². The third-order valence-corrected chi connectivity index (χ3v) is 5.89. The molecule has 0 saturated heterocycles. The number of aromatic nitrogens is 2. The van der Waals surface area contributed by atoms with E-state index in [-0.39, 0.29) is 22.7 Å². The topological polar surface area (TPSA) is 89.5 Å². The van der Waals surface area contributed by atoms with Gasteiger partial charge in [0, 0.05) is 11.6 Å². The molecule has 0 bridgehead atoms. The first-order chi connectivity index (χ1) is 12.3. The van der Waals surface area contributed by atoms with Crippen LogP contribution in [0, 0.1) is 24.0 Å². The van der Waals surface area contributed by atoms with Crippen LogP contribution < -0.4 is 15.3 Å². The average Bonchev–Trinajstić information content (AvgIpc) is 2.91. The summed E-state index contributed by atoms with van der Waals surface area (Å²) in [6.45, 7) is 3.87. The molecule has 26 heavy (non-hydrogen) atoms. The van der Waals surface area contributed by atoms with Crippen LogP contribution in [-0.4, -0.2) is 20.5 Å². The summed E-state index contributed by atoms with van der Waals surface area (Å²) in [5.74, 6) is -0.110. The van der Waals surface area contributed by atoms with Gasteiger partial charge in [0.15, 0.2) is 17.5 Å². The smallest absolute Gasteiger partial charge is 0.390 e. The molecule has 2 aliphatic heterocycles. The van der Waals surface area contributed by atoms with E-state index in [1.807, 2.05) is 26.0 Å². The van der Waals surface area contributed by atoms with E-state index in [1.54, 1.807) is 0 Å². The monoisotopic (exact) mass is 390 g/mol. The summed E-state index contributed by atoms with van der Waals surface area (Å²) in [6, 6.07) is 5.28. The van der Waals surface area contributed by atoms with Crippen LogP contribution in [0.25, 0.3) is 26.5 Å². The van der Waals surface area contributed by atoms with Gasteiger partial charge in [-0.2, -0.15) is 8.97 Å². The van der Waals surface area contributed by atoms with E-state index in [0.29, 0.717) is 10.5 Å². The fourth-order valence-corrected chi connectivity index (χ4v) is 4.51. The lowest BCUT2D eigenvalue weighted by atomic mass is 10.1. The molecule has 1 aromatic heterocycles. The van der Waals surface area contributed by atoms with Crippen molar-refractivity contribution in [2.24, 2.45) is 0 Å². The molecule has 1 N–H and O–H groups in total. The van der Waals surface area contributed by atoms with E-state index in [0.717, 1.165) is 21.3 Å². The van der Waals surface area contributed by atoms with Gasteiger partial charge in [-0.05, 0) is 25.5 Å². The standard InChI is InChI=1S/C17H12ClN3O4S/c1-8-3-4-12-14(9(8)2)20-16-13(26-12)5-10(21(24)25)7-19(16)15(17(20)23)11(22)6-18/h3-5,7H,6H2,1-2H3/p+1. The molecule has 0 saturated carbocycles. The molecular weight excluding hydrogens is 378 g/mol. The van der Waals surface area contributed by atoms with Crippen LogP contribution in [0.15, 0.2) is 29.2 Å². The zero-order chi connectivity index (χ0) is 18.7. The predicted molar refractivity (Wildman–Crippen MR) is 99.9 cm³/mol. The molecule has 1 aromatic carbocycles. The first-order valence-corrected chi connectivity index (χ1v) is 9.05. The molecule has 0 aliphatic carbocycles. The lowest BCUT2D eigenvalue weighted by molar-refractivity contribution is -0.549. The molecule has 2 aliphatic rings. The molecule has 3 heterocycles. The van der Waals surface area contributed by atoms with Gasteiger partial charge in [0.2, 0.25) is 0 Å². The van der Waals surface area contributed by atoms with E-state index in [9.17, 15) is 20.0 Å². The Bertz CT molecular complexity index is 1310. The molecule has 0 radical (unpaired) electrons. The fourth-order valence-electron chi connectivity index (χ4n) is 3.20. The highest BCUT2D eigenvalue weighted by atomic mass is 35.5. The number of hydrogen-bond donors (Lipinski definition) is 1. The van der Waals surface area contributed by atoms with Gasteiger partial charge >= 0.3 is 17.1 Å². The molecular formula is C17H13ClN3O4S+. The Kier molecular flexibility index (Phi) is 3.64. The first-order valence-electron chi connectivity index (χ1n) is 7.70. The van der Waals surface area contributed by atoms with Crippen LogP contribution in [0.1, 0.15) is 11.1 Å². The Morgan fingerprint density at radius 1 is 1.38 bits per heavy atom. The van der Waals surface area contributed by atoms with Crippen LogP contribution in [0.2, 0.25) is 0 Å². The number of aliphatic hydroxyl groups is 1. The van der Waals surface area contributed by atoms with Crippen molar-refractivity contribution >= 4 is 49.3 Å². The Morgan fingerprint density at radius 2 is 2.12 bits per heavy atom. The molecule has 2 aromatic rings. The molecule has 0 spiro atoms. The highest BCUT2D eigenvalue weighted by Gasteiger charge is 2.33. The van der Waals surface area contributed by atoms with E-state index in [4.69, 9.17) is 11.6 Å². The number of imidazole rings is 1. The summed E-state index contributed by atoms with van der Waals surface area (Å²) in [5, 5.41) is 21.5. The van der Waals surface area contributed by atoms with E-state index < -0.39 is 10.5 Å². The number of nitrogens with zero attached hydrogens (tertiary/aromatic N) is 3. The van der Waals surface area contributed by atoms with Crippen LogP contribution in [0.4, 0.5) is 5.69 Å². The fraction of sp³-hybridized carbons (Fsp3) is 0.176. The van der Waals surface area contributed by atoms with Crippen molar-refractivity contribution in [3.8, 4) is 5.82 Å². The highest BCUT2D eigenvalue weighted by molar-refractivity contribution is 7.24. The summed E-state index contributed by atoms with van der Waals surface area (Å²) in [5.41, 5.74) is 2.06. The SMILES string of the molecule is Cc1ccc2sc3cc([N+](=O)[O-])c[n+]4c3-n(c(=O)/c4=C(\O)CCl)c2c1C. The van der Waals surface area contributed by atoms with Gasteiger partial charge in [0.25, 0.3) is 5.35 Å². The molecule has 0 atom stereocenters. The number of aliphatic hydroxyl groups excluding tert-OH is 1. The number of hydrogen-bond acceptors (Lipinski definition) is 5. The van der Waals surface area contributed by atoms with E-state index in [1.165, 1.54) is 32.6 Å². The van der Waals surface area contributed by atoms with E-state index >= 15 is 0 Å². The Morgan fingerprint density at radius 3 is 2.77 bits per heavy atom. The largest absolute Gasteiger partial charge is 0.506 e. The normalized spacial score (nSPS) is 13.0. The van der Waals surface area contributed by atoms with Crippen LogP contribution >= 0.6 is 22.9 Å². The number of pyridine rings is 1. The summed E-state index contributed by atoms with van der Waals surface area (Å²) < 4.78 is 4.27. The number of halogens is 1. The number of fused-ring (bicyclic) bond motifs is 2. The Labute approximate surface area is 155 Å². The zero-order valence-corrected chi connectivity index (χ0v) is 15.4. The van der Waals surface area contributed by atoms with Crippen molar-refractivity contribution in [3.05, 3.63) is 61.3 Å². The molecule has 0 amide bonds. The number of aryl methyl sites for hydroxylation is 2. The van der Waals surface area contributed by atoms with Gasteiger partial charge in [-0.1, -0.05) is 6.07 Å². The van der Waals surface area contributed by atoms with Gasteiger partial charge in [-0.3, -0.25) is 10.1 Å². The van der Waals surface area contributed by atoms with Gasteiger partial charge in [-0.15, -0.1) is 22.9 Å². The first kappa shape index (κ1) is 16.7. The van der Waals surface area contributed by atoms with Crippen LogP contribution in [0.5, 0.6) is 0 Å². The summed E-state index contributed by atoms with van der Waals surface area (Å²) >= 11 is 7.10. The highest BCUT2D eigenvalue weighted by Crippen LogP contribution is 2.33. The van der Waals surface area contributed by atoms with Gasteiger partial charge in [0.1, 0.15) is 4.70 Å². The van der Waals surface area contributed by atoms with Crippen molar-refractivity contribution in [2.45, 2.75) is 13.8 Å². The van der Waals surface area contributed by atoms with Crippen molar-refractivity contribution in [3.63, 3.8) is 0 Å². The lowest BCUT2D eigenvalue weighted by Gasteiger charge is -2.08. The molecule has 0 fully saturated rings. The van der Waals surface area contributed by atoms with Crippen molar-refractivity contribution in [1.82, 2.24) is 4.57 Å². The van der Waals surface area contributed by atoms with Crippen molar-refractivity contribution in [1.29, 1.82) is 0 Å². The van der Waals surface area contributed by atoms with Gasteiger partial charge in [0.05, 0.1) is 15.5 Å². The number of rotatable bonds is 2. The minimum atomic E-state index is -0.525. The maximum absolute atomic E-state index is 13.1. The summed E-state index contributed by atoms with van der Waals surface area (Å²) in [7, 11) is 0. The second-order valence-corrected chi connectivity index (χ2v) is 7.39. The maximum atomic E-state index is 13.1. The average molecular weight is 391 g/mol. The molecule has 132 valence electrons. The predicted octanol–water partition coefficient (Wildman–Crippen LogP) is 2.38. The second-order valence-electron chi connectivity index (χ2n) is 6.04. The summed E-state index contributed by atoms with van der Waals surface area (Å²) in [4.78, 5) is 23.9. The van der Waals surface area contributed by atoms with E-state index in [2.05, 4.69) is 0 Å². The second kappa shape index (κ2) is 5.65. The molecule has 4 rings (SSSR count). The number of benzene rings is 1. The molecule has 7 nitrogen and oxygen atoms in total. The van der Waals surface area contributed by atoms with Gasteiger partial charge < -0.3 is 5.11 Å². The summed E-state index contributed by atoms with van der Waals surface area (Å²) in [6.07, 6.45) is 1.24. The number of alkyl halides is 1. The third kappa shape index (κ3) is 2.12. The molecule has 9 heteroatoms. The maximum Gasteiger partial charge on any atom is 0.390 e. The van der Waals surface area contributed by atoms with Gasteiger partial charge in [-0.25, -0.2) is 4.79 Å². The minimum Gasteiger partial charge on any atom is -0.506 e. The Hall–Kier alpha value is -2.71. The zero-order valence-electron chi connectivity index (χ0n) is 13.8. The van der Waals surface area contributed by atoms with Crippen LogP contribution in [-0.2, 0) is 0 Å². The van der Waals surface area contributed by atoms with Crippen molar-refractivity contribution < 1.29 is 14.4 Å². The Balaban J connectivity index is 2.42. The number of nitro groups is 1. The third-order valence-electron chi connectivity index (χ3n) is 4.57. The quantitative estimate of drug-likeness (QED) is 0.187. The lowest BCUT2D eigenvalue weighted by Crippen LogP contribution is -2.45. The minimum absolute atomic E-state index is 0.0608.